The van der Waals surface area contributed by atoms with E-state index < -0.39 is 0 Å². The van der Waals surface area contributed by atoms with Gasteiger partial charge in [-0.25, -0.2) is 0 Å². The van der Waals surface area contributed by atoms with Gasteiger partial charge in [0.1, 0.15) is 0 Å². The highest BCUT2D eigenvalue weighted by Gasteiger charge is 2.03. The molecule has 13 heavy (non-hydrogen) atoms. The molecule has 4 heteroatoms. The molecule has 0 aliphatic rings. The second-order valence-electron chi connectivity index (χ2n) is 2.26. The molecule has 66 valence electrons. The highest BCUT2D eigenvalue weighted by atomic mass is 35.5. The van der Waals surface area contributed by atoms with Crippen molar-refractivity contribution in [1.29, 1.82) is 5.26 Å². The lowest BCUT2D eigenvalue weighted by molar-refractivity contribution is 1.54. The molecule has 0 N–H and O–H groups in total. The third kappa shape index (κ3) is 2.63. The first-order valence-electron chi connectivity index (χ1n) is 3.36. The van der Waals surface area contributed by atoms with Gasteiger partial charge < -0.3 is 0 Å². The van der Waals surface area contributed by atoms with E-state index in [9.17, 15) is 0 Å². The first-order chi connectivity index (χ1) is 6.15. The third-order valence-corrected chi connectivity index (χ3v) is 2.55. The summed E-state index contributed by atoms with van der Waals surface area (Å²) in [7, 11) is 0. The molecule has 0 saturated heterocycles. The molecule has 0 unspecified atom stereocenters. The molecular formula is C9H4Cl3N. The lowest BCUT2D eigenvalue weighted by atomic mass is 10.2. The monoisotopic (exact) mass is 231 g/mol. The van der Waals surface area contributed by atoms with Crippen LogP contribution >= 0.6 is 34.8 Å². The average Bonchev–Trinajstić information content (AvgIpc) is 2.10. The Morgan fingerprint density at radius 3 is 2.15 bits per heavy atom. The van der Waals surface area contributed by atoms with Gasteiger partial charge in [-0.1, -0.05) is 34.8 Å². The van der Waals surface area contributed by atoms with E-state index in [2.05, 4.69) is 0 Å². The van der Waals surface area contributed by atoms with E-state index >= 15 is 0 Å². The van der Waals surface area contributed by atoms with Crippen molar-refractivity contribution in [1.82, 2.24) is 0 Å². The minimum atomic E-state index is 0.331. The molecule has 0 spiro atoms. The lowest BCUT2D eigenvalue weighted by Crippen LogP contribution is -1.76. The molecule has 1 aromatic carbocycles. The molecule has 0 aliphatic carbocycles. The van der Waals surface area contributed by atoms with Gasteiger partial charge in [0.25, 0.3) is 0 Å². The second-order valence-corrected chi connectivity index (χ2v) is 3.45. The maximum Gasteiger partial charge on any atom is 0.0912 e. The van der Waals surface area contributed by atoms with Crippen LogP contribution in [-0.2, 0) is 0 Å². The van der Waals surface area contributed by atoms with Crippen LogP contribution in [0.15, 0.2) is 18.2 Å². The van der Waals surface area contributed by atoms with Crippen molar-refractivity contribution in [2.45, 2.75) is 0 Å². The molecular weight excluding hydrogens is 228 g/mol. The van der Waals surface area contributed by atoms with Crippen LogP contribution in [0.3, 0.4) is 0 Å². The zero-order valence-corrected chi connectivity index (χ0v) is 8.66. The molecule has 0 aromatic heterocycles. The molecule has 1 rings (SSSR count). The maximum atomic E-state index is 8.29. The van der Waals surface area contributed by atoms with Crippen LogP contribution in [0.4, 0.5) is 0 Å². The van der Waals surface area contributed by atoms with Crippen molar-refractivity contribution in [3.63, 3.8) is 0 Å². The van der Waals surface area contributed by atoms with Gasteiger partial charge in [0.05, 0.1) is 21.1 Å². The first-order valence-corrected chi connectivity index (χ1v) is 4.49. The Labute approximate surface area is 91.1 Å². The number of nitrogens with zero attached hydrogens (tertiary/aromatic N) is 1. The van der Waals surface area contributed by atoms with Gasteiger partial charge in [0.2, 0.25) is 0 Å². The molecule has 0 amide bonds. The highest BCUT2D eigenvalue weighted by Crippen LogP contribution is 2.31. The average molecular weight is 232 g/mol. The number of allylic oxidation sites excluding steroid dienone is 1. The van der Waals surface area contributed by atoms with E-state index in [1.165, 1.54) is 6.08 Å². The number of hydrogen-bond acceptors (Lipinski definition) is 1. The minimum absolute atomic E-state index is 0.331. The summed E-state index contributed by atoms with van der Waals surface area (Å²) in [5.41, 5.74) is 0.751. The maximum absolute atomic E-state index is 8.29. The topological polar surface area (TPSA) is 23.8 Å². The summed E-state index contributed by atoms with van der Waals surface area (Å²) < 4.78 is 0. The van der Waals surface area contributed by atoms with Gasteiger partial charge in [-0.3, -0.25) is 0 Å². The van der Waals surface area contributed by atoms with E-state index in [4.69, 9.17) is 40.1 Å². The summed E-state index contributed by atoms with van der Waals surface area (Å²) in [6, 6.07) is 5.15. The Morgan fingerprint density at radius 1 is 1.15 bits per heavy atom. The van der Waals surface area contributed by atoms with Crippen molar-refractivity contribution >= 4 is 40.9 Å². The summed E-state index contributed by atoms with van der Waals surface area (Å²) in [5, 5.41) is 9.39. The van der Waals surface area contributed by atoms with Gasteiger partial charge in [-0.15, -0.1) is 0 Å². The number of benzene rings is 1. The summed E-state index contributed by atoms with van der Waals surface area (Å²) in [6.45, 7) is 0. The van der Waals surface area contributed by atoms with E-state index in [-0.39, 0.29) is 0 Å². The Kier molecular flexibility index (Phi) is 3.62. The summed E-state index contributed by atoms with van der Waals surface area (Å²) in [6.07, 6.45) is 2.95. The van der Waals surface area contributed by atoms with Crippen molar-refractivity contribution in [2.75, 3.05) is 0 Å². The predicted molar refractivity (Wildman–Crippen MR) is 56.1 cm³/mol. The summed E-state index contributed by atoms with van der Waals surface area (Å²) in [4.78, 5) is 0. The van der Waals surface area contributed by atoms with Crippen molar-refractivity contribution < 1.29 is 0 Å². The number of rotatable bonds is 1. The third-order valence-electron chi connectivity index (χ3n) is 1.36. The number of hydrogen-bond donors (Lipinski definition) is 0. The molecule has 1 nitrogen and oxygen atoms in total. The Balaban J connectivity index is 3.15. The van der Waals surface area contributed by atoms with Gasteiger partial charge >= 0.3 is 0 Å². The van der Waals surface area contributed by atoms with E-state index in [1.54, 1.807) is 18.2 Å². The Hall–Kier alpha value is -0.680. The molecule has 0 bridgehead atoms. The smallest absolute Gasteiger partial charge is 0.0912 e. The molecule has 0 heterocycles. The Morgan fingerprint density at radius 2 is 1.69 bits per heavy atom. The fourth-order valence-corrected chi connectivity index (χ4v) is 1.42. The number of nitriles is 1. The molecule has 0 atom stereocenters. The van der Waals surface area contributed by atoms with Crippen LogP contribution in [-0.4, -0.2) is 0 Å². The zero-order chi connectivity index (χ0) is 9.84. The van der Waals surface area contributed by atoms with Crippen LogP contribution in [0.1, 0.15) is 5.56 Å². The van der Waals surface area contributed by atoms with Gasteiger partial charge in [0.15, 0.2) is 0 Å². The predicted octanol–water partition coefficient (Wildman–Crippen LogP) is 4.18. The quantitative estimate of drug-likeness (QED) is 0.526. The standard InChI is InChI=1S/C9H4Cl3N/c10-7-4-6(2-1-3-13)5-8(11)9(7)12/h1-2,4-5H. The van der Waals surface area contributed by atoms with E-state index in [1.807, 2.05) is 6.07 Å². The lowest BCUT2D eigenvalue weighted by Gasteiger charge is -2.00. The Bertz CT molecular complexity index is 367. The van der Waals surface area contributed by atoms with Gasteiger partial charge in [-0.2, -0.15) is 5.26 Å². The molecule has 1 aromatic rings. The molecule has 0 radical (unpaired) electrons. The van der Waals surface area contributed by atoms with Crippen LogP contribution in [0, 0.1) is 11.3 Å². The van der Waals surface area contributed by atoms with Crippen LogP contribution < -0.4 is 0 Å². The van der Waals surface area contributed by atoms with Crippen LogP contribution in [0.2, 0.25) is 15.1 Å². The van der Waals surface area contributed by atoms with Gasteiger partial charge in [0, 0.05) is 6.08 Å². The van der Waals surface area contributed by atoms with Gasteiger partial charge in [-0.05, 0) is 23.8 Å². The first kappa shape index (κ1) is 10.4. The SMILES string of the molecule is N#CC=Cc1cc(Cl)c(Cl)c(Cl)c1. The second kappa shape index (κ2) is 4.53. The molecule has 0 aliphatic heterocycles. The molecule has 0 saturated carbocycles. The zero-order valence-electron chi connectivity index (χ0n) is 6.39. The minimum Gasteiger partial charge on any atom is -0.193 e. The fourth-order valence-electron chi connectivity index (χ4n) is 0.805. The van der Waals surface area contributed by atoms with Crippen molar-refractivity contribution in [3.05, 3.63) is 38.8 Å². The number of halogens is 3. The fraction of sp³-hybridized carbons (Fsp3) is 0. The summed E-state index contributed by atoms with van der Waals surface area (Å²) in [5.74, 6) is 0. The van der Waals surface area contributed by atoms with Crippen molar-refractivity contribution in [3.8, 4) is 6.07 Å². The largest absolute Gasteiger partial charge is 0.193 e. The van der Waals surface area contributed by atoms with Crippen LogP contribution in [0.5, 0.6) is 0 Å². The molecule has 0 fully saturated rings. The normalized spacial score (nSPS) is 10.3. The van der Waals surface area contributed by atoms with E-state index in [0.29, 0.717) is 15.1 Å². The summed E-state index contributed by atoms with van der Waals surface area (Å²) >= 11 is 17.3. The van der Waals surface area contributed by atoms with E-state index in [0.717, 1.165) is 5.56 Å². The van der Waals surface area contributed by atoms with Crippen LogP contribution in [0.25, 0.3) is 6.08 Å². The highest BCUT2D eigenvalue weighted by molar-refractivity contribution is 6.48. The van der Waals surface area contributed by atoms with Crippen molar-refractivity contribution in [2.24, 2.45) is 0 Å².